The van der Waals surface area contributed by atoms with Gasteiger partial charge in [-0.25, -0.2) is 0 Å². The highest BCUT2D eigenvalue weighted by molar-refractivity contribution is 5.80. The molecule has 0 rings (SSSR count). The summed E-state index contributed by atoms with van der Waals surface area (Å²) in [6.45, 7) is 3.84. The van der Waals surface area contributed by atoms with Crippen LogP contribution >= 0.6 is 0 Å². The highest BCUT2D eigenvalue weighted by atomic mass is 16.5. The van der Waals surface area contributed by atoms with Crippen LogP contribution in [0.25, 0.3) is 0 Å². The third-order valence-corrected chi connectivity index (χ3v) is 2.30. The van der Waals surface area contributed by atoms with Crippen LogP contribution in [0.3, 0.4) is 0 Å². The van der Waals surface area contributed by atoms with Gasteiger partial charge in [-0.15, -0.1) is 0 Å². The topological polar surface area (TPSA) is 29.5 Å². The number of hydrogen-bond acceptors (Lipinski definition) is 3. The van der Waals surface area contributed by atoms with E-state index in [-0.39, 0.29) is 5.97 Å². The summed E-state index contributed by atoms with van der Waals surface area (Å²) < 4.78 is 4.69. The predicted octanol–water partition coefficient (Wildman–Crippen LogP) is 0.890. The first kappa shape index (κ1) is 10.4. The third kappa shape index (κ3) is 1.93. The van der Waals surface area contributed by atoms with Crippen molar-refractivity contribution >= 4 is 5.97 Å². The van der Waals surface area contributed by atoms with Gasteiger partial charge in [0.15, 0.2) is 0 Å². The molecule has 0 spiro atoms. The van der Waals surface area contributed by atoms with E-state index in [1.165, 1.54) is 7.11 Å². The summed E-state index contributed by atoms with van der Waals surface area (Å²) in [5.41, 5.74) is -0.477. The molecule has 0 fully saturated rings. The number of carbonyl (C=O) groups is 1. The molecule has 1 atom stereocenters. The Kier molecular flexibility index (Phi) is 3.52. The van der Waals surface area contributed by atoms with Crippen LogP contribution in [0.1, 0.15) is 20.3 Å². The summed E-state index contributed by atoms with van der Waals surface area (Å²) in [5, 5.41) is 0. The number of methoxy groups -OCH3 is 1. The van der Waals surface area contributed by atoms with Crippen molar-refractivity contribution in [2.45, 2.75) is 25.8 Å². The molecule has 0 radical (unpaired) electrons. The van der Waals surface area contributed by atoms with Gasteiger partial charge < -0.3 is 4.74 Å². The molecule has 0 heterocycles. The van der Waals surface area contributed by atoms with Crippen LogP contribution in [0.2, 0.25) is 0 Å². The van der Waals surface area contributed by atoms with E-state index in [1.807, 2.05) is 32.8 Å². The van der Waals surface area contributed by atoms with E-state index in [0.29, 0.717) is 0 Å². The van der Waals surface area contributed by atoms with Crippen LogP contribution in [0.15, 0.2) is 0 Å². The molecule has 0 aliphatic rings. The molecule has 66 valence electrons. The molecule has 0 N–H and O–H groups in total. The smallest absolute Gasteiger partial charge is 0.325 e. The van der Waals surface area contributed by atoms with Gasteiger partial charge in [0.25, 0.3) is 0 Å². The van der Waals surface area contributed by atoms with E-state index >= 15 is 0 Å². The zero-order chi connectivity index (χ0) is 9.07. The number of nitrogens with zero attached hydrogens (tertiary/aromatic N) is 1. The normalized spacial score (nSPS) is 16.2. The number of hydrogen-bond donors (Lipinski definition) is 0. The Balaban J connectivity index is 4.45. The van der Waals surface area contributed by atoms with Gasteiger partial charge in [-0.2, -0.15) is 0 Å². The molecule has 0 aliphatic carbocycles. The Morgan fingerprint density at radius 2 is 2.00 bits per heavy atom. The van der Waals surface area contributed by atoms with Gasteiger partial charge in [-0.05, 0) is 27.4 Å². The second-order valence-corrected chi connectivity index (χ2v) is 3.01. The average molecular weight is 159 g/mol. The Hall–Kier alpha value is -0.570. The monoisotopic (exact) mass is 159 g/mol. The number of likely N-dealkylation sites (N-methyl/N-ethyl adjacent to an activating group) is 1. The molecule has 0 saturated carbocycles. The van der Waals surface area contributed by atoms with Gasteiger partial charge in [0, 0.05) is 0 Å². The molecule has 0 aromatic rings. The highest BCUT2D eigenvalue weighted by Gasteiger charge is 2.34. The van der Waals surface area contributed by atoms with Gasteiger partial charge in [0.05, 0.1) is 7.11 Å². The molecule has 0 amide bonds. The van der Waals surface area contributed by atoms with Crippen molar-refractivity contribution in [3.63, 3.8) is 0 Å². The summed E-state index contributed by atoms with van der Waals surface area (Å²) in [6.07, 6.45) is 0.757. The van der Waals surface area contributed by atoms with Crippen molar-refractivity contribution in [2.75, 3.05) is 21.2 Å². The summed E-state index contributed by atoms with van der Waals surface area (Å²) in [5.74, 6) is -0.176. The second kappa shape index (κ2) is 3.72. The lowest BCUT2D eigenvalue weighted by Gasteiger charge is -2.32. The SMILES string of the molecule is CC[C@](C)(C(=O)OC)N(C)C. The fraction of sp³-hybridized carbons (Fsp3) is 0.875. The first-order chi connectivity index (χ1) is 4.99. The maximum atomic E-state index is 11.2. The molecule has 11 heavy (non-hydrogen) atoms. The van der Waals surface area contributed by atoms with Gasteiger partial charge in [-0.3, -0.25) is 9.69 Å². The average Bonchev–Trinajstić information content (AvgIpc) is 2.01. The molecular formula is C8H17NO2. The standard InChI is InChI=1S/C8H17NO2/c1-6-8(2,9(3)4)7(10)11-5/h6H2,1-5H3/t8-/m1/s1. The van der Waals surface area contributed by atoms with Crippen LogP contribution < -0.4 is 0 Å². The molecule has 0 aromatic carbocycles. The van der Waals surface area contributed by atoms with Crippen molar-refractivity contribution < 1.29 is 9.53 Å². The zero-order valence-corrected chi connectivity index (χ0v) is 7.97. The maximum absolute atomic E-state index is 11.2. The van der Waals surface area contributed by atoms with Crippen LogP contribution in [0.5, 0.6) is 0 Å². The predicted molar refractivity (Wildman–Crippen MR) is 44.4 cm³/mol. The molecule has 0 saturated heterocycles. The molecule has 0 aliphatic heterocycles. The van der Waals surface area contributed by atoms with Crippen molar-refractivity contribution in [1.82, 2.24) is 4.90 Å². The van der Waals surface area contributed by atoms with E-state index in [9.17, 15) is 4.79 Å². The van der Waals surface area contributed by atoms with Crippen molar-refractivity contribution in [3.05, 3.63) is 0 Å². The fourth-order valence-corrected chi connectivity index (χ4v) is 0.863. The fourth-order valence-electron chi connectivity index (χ4n) is 0.863. The molecule has 0 bridgehead atoms. The third-order valence-electron chi connectivity index (χ3n) is 2.30. The second-order valence-electron chi connectivity index (χ2n) is 3.01. The summed E-state index contributed by atoms with van der Waals surface area (Å²) in [7, 11) is 5.17. The minimum absolute atomic E-state index is 0.176. The maximum Gasteiger partial charge on any atom is 0.325 e. The van der Waals surface area contributed by atoms with E-state index in [0.717, 1.165) is 6.42 Å². The molecular weight excluding hydrogens is 142 g/mol. The Labute approximate surface area is 68.3 Å². The first-order valence-electron chi connectivity index (χ1n) is 3.75. The van der Waals surface area contributed by atoms with Gasteiger partial charge >= 0.3 is 5.97 Å². The largest absolute Gasteiger partial charge is 0.468 e. The quantitative estimate of drug-likeness (QED) is 0.573. The van der Waals surface area contributed by atoms with Crippen molar-refractivity contribution in [2.24, 2.45) is 0 Å². The van der Waals surface area contributed by atoms with E-state index in [2.05, 4.69) is 4.74 Å². The van der Waals surface area contributed by atoms with Crippen LogP contribution in [0, 0.1) is 0 Å². The zero-order valence-electron chi connectivity index (χ0n) is 7.97. The lowest BCUT2D eigenvalue weighted by Crippen LogP contribution is -2.48. The lowest BCUT2D eigenvalue weighted by molar-refractivity contribution is -0.152. The molecule has 0 aromatic heterocycles. The Morgan fingerprint density at radius 1 is 1.55 bits per heavy atom. The first-order valence-corrected chi connectivity index (χ1v) is 3.75. The number of ether oxygens (including phenoxy) is 1. The van der Waals surface area contributed by atoms with Gasteiger partial charge in [-0.1, -0.05) is 6.92 Å². The van der Waals surface area contributed by atoms with Crippen LogP contribution in [-0.2, 0) is 9.53 Å². The van der Waals surface area contributed by atoms with Gasteiger partial charge in [0.1, 0.15) is 5.54 Å². The van der Waals surface area contributed by atoms with E-state index < -0.39 is 5.54 Å². The molecule has 0 unspecified atom stereocenters. The van der Waals surface area contributed by atoms with Gasteiger partial charge in [0.2, 0.25) is 0 Å². The number of rotatable bonds is 3. The summed E-state index contributed by atoms with van der Waals surface area (Å²) >= 11 is 0. The van der Waals surface area contributed by atoms with E-state index in [1.54, 1.807) is 0 Å². The minimum atomic E-state index is -0.477. The van der Waals surface area contributed by atoms with E-state index in [4.69, 9.17) is 0 Å². The number of esters is 1. The Morgan fingerprint density at radius 3 is 2.09 bits per heavy atom. The van der Waals surface area contributed by atoms with Crippen LogP contribution in [0.4, 0.5) is 0 Å². The summed E-state index contributed by atoms with van der Waals surface area (Å²) in [6, 6.07) is 0. The minimum Gasteiger partial charge on any atom is -0.468 e. The summed E-state index contributed by atoms with van der Waals surface area (Å²) in [4.78, 5) is 13.1. The van der Waals surface area contributed by atoms with Crippen molar-refractivity contribution in [3.8, 4) is 0 Å². The molecule has 3 heteroatoms. The van der Waals surface area contributed by atoms with Crippen molar-refractivity contribution in [1.29, 1.82) is 0 Å². The highest BCUT2D eigenvalue weighted by Crippen LogP contribution is 2.17. The number of carbonyl (C=O) groups excluding carboxylic acids is 1. The Bertz CT molecular complexity index is 145. The van der Waals surface area contributed by atoms with Crippen LogP contribution in [-0.4, -0.2) is 37.6 Å². The lowest BCUT2D eigenvalue weighted by atomic mass is 9.98. The molecule has 3 nitrogen and oxygen atoms in total.